The van der Waals surface area contributed by atoms with Gasteiger partial charge in [0.1, 0.15) is 0 Å². The molecule has 3 aromatic rings. The molecule has 0 aliphatic carbocycles. The van der Waals surface area contributed by atoms with Gasteiger partial charge in [-0.3, -0.25) is 4.79 Å². The number of hydrogen-bond acceptors (Lipinski definition) is 6. The first-order chi connectivity index (χ1) is 20.6. The molecule has 0 fully saturated rings. The van der Waals surface area contributed by atoms with Crippen LogP contribution >= 0.6 is 0 Å². The van der Waals surface area contributed by atoms with Gasteiger partial charge in [0.15, 0.2) is 0 Å². The number of aliphatic hydroxyl groups excluding tert-OH is 1. The van der Waals surface area contributed by atoms with E-state index in [2.05, 4.69) is 53.7 Å². The zero-order valence-corrected chi connectivity index (χ0v) is 25.3. The third-order valence-corrected chi connectivity index (χ3v) is 9.06. The highest BCUT2D eigenvalue weighted by Crippen LogP contribution is 2.41. The number of cyclic esters (lactones) is 1. The van der Waals surface area contributed by atoms with E-state index in [1.54, 1.807) is 0 Å². The first kappa shape index (κ1) is 28.2. The number of carbonyl (C=O) groups is 2. The molecule has 3 aromatic heterocycles. The van der Waals surface area contributed by atoms with E-state index in [9.17, 15) is 14.7 Å². The summed E-state index contributed by atoms with van der Waals surface area (Å²) in [6.45, 7) is 14.2. The summed E-state index contributed by atoms with van der Waals surface area (Å²) in [6.07, 6.45) is 9.34. The number of ether oxygens (including phenoxy) is 2. The van der Waals surface area contributed by atoms with Gasteiger partial charge in [-0.1, -0.05) is 19.6 Å². The van der Waals surface area contributed by atoms with Gasteiger partial charge in [-0.15, -0.1) is 0 Å². The molecule has 3 aliphatic heterocycles. The van der Waals surface area contributed by atoms with E-state index in [4.69, 9.17) is 9.47 Å². The average Bonchev–Trinajstić information content (AvgIpc) is 3.65. The number of aliphatic hydroxyl groups is 1. The minimum absolute atomic E-state index is 0.149. The van der Waals surface area contributed by atoms with Crippen molar-refractivity contribution in [1.29, 1.82) is 0 Å². The Morgan fingerprint density at radius 3 is 2.37 bits per heavy atom. The molecule has 0 radical (unpaired) electrons. The molecule has 0 saturated heterocycles. The van der Waals surface area contributed by atoms with Crippen LogP contribution in [-0.4, -0.2) is 45.1 Å². The first-order valence-electron chi connectivity index (χ1n) is 14.5. The number of aromatic nitrogens is 3. The van der Waals surface area contributed by atoms with Crippen LogP contribution in [0.3, 0.4) is 0 Å². The second kappa shape index (κ2) is 10.4. The van der Waals surface area contributed by atoms with Crippen LogP contribution in [0.2, 0.25) is 0 Å². The van der Waals surface area contributed by atoms with Crippen molar-refractivity contribution in [3.8, 4) is 0 Å². The van der Waals surface area contributed by atoms with Gasteiger partial charge in [0.05, 0.1) is 30.0 Å². The Bertz CT molecular complexity index is 1960. The second-order valence-corrected chi connectivity index (χ2v) is 11.3. The molecule has 222 valence electrons. The first-order valence-corrected chi connectivity index (χ1v) is 14.5. The summed E-state index contributed by atoms with van der Waals surface area (Å²) in [5.41, 5.74) is 11.8. The maximum atomic E-state index is 13.1. The number of hydrogen-bond donors (Lipinski definition) is 5. The molecule has 1 atom stereocenters. The number of fused-ring (bicyclic) bond motifs is 8. The summed E-state index contributed by atoms with van der Waals surface area (Å²) in [4.78, 5) is 36.0. The predicted molar refractivity (Wildman–Crippen MR) is 166 cm³/mol. The summed E-state index contributed by atoms with van der Waals surface area (Å²) in [7, 11) is 1.36. The third-order valence-electron chi connectivity index (χ3n) is 9.06. The molecule has 0 amide bonds. The van der Waals surface area contributed by atoms with Crippen LogP contribution in [0, 0.1) is 20.8 Å². The van der Waals surface area contributed by atoms with Gasteiger partial charge in [-0.05, 0) is 92.2 Å². The molecule has 3 aliphatic rings. The van der Waals surface area contributed by atoms with Crippen molar-refractivity contribution in [2.24, 2.45) is 0 Å². The van der Waals surface area contributed by atoms with Crippen LogP contribution in [-0.2, 0) is 31.9 Å². The van der Waals surface area contributed by atoms with Crippen LogP contribution in [0.15, 0.2) is 29.4 Å². The van der Waals surface area contributed by atoms with Crippen LogP contribution in [0.25, 0.3) is 29.9 Å². The van der Waals surface area contributed by atoms with E-state index in [1.807, 2.05) is 32.1 Å². The monoisotopic (exact) mass is 580 g/mol. The number of allylic oxidation sites excluding steroid dienone is 1. The molecule has 43 heavy (non-hydrogen) atoms. The maximum Gasteiger partial charge on any atom is 0.344 e. The molecule has 5 N–H and O–H groups in total. The van der Waals surface area contributed by atoms with Crippen LogP contribution < -0.4 is 16.0 Å². The lowest BCUT2D eigenvalue weighted by atomic mass is 9.91. The second-order valence-electron chi connectivity index (χ2n) is 11.3. The van der Waals surface area contributed by atoms with E-state index in [0.29, 0.717) is 23.3 Å². The van der Waals surface area contributed by atoms with Crippen LogP contribution in [0.5, 0.6) is 0 Å². The summed E-state index contributed by atoms with van der Waals surface area (Å²) in [6, 6.07) is -0.651. The lowest BCUT2D eigenvalue weighted by Gasteiger charge is -2.24. The minimum atomic E-state index is -0.651. The number of aromatic amines is 3. The van der Waals surface area contributed by atoms with Gasteiger partial charge >= 0.3 is 11.9 Å². The molecule has 0 spiro atoms. The SMILES string of the molecule is C=Cc1c(C)c2[nH]c1=Cc1[nH]c(c(CC)c1C)C=C1NC3C(=C1C)C(=O)OC(O)=C3c1[nH]c(c(C)c1CCC(=O)OC)C=2. The number of H-pyrrole nitrogens is 3. The van der Waals surface area contributed by atoms with Gasteiger partial charge in [0.25, 0.3) is 5.95 Å². The van der Waals surface area contributed by atoms with Crippen molar-refractivity contribution in [2.45, 2.75) is 59.9 Å². The van der Waals surface area contributed by atoms with Crippen molar-refractivity contribution in [1.82, 2.24) is 20.3 Å². The molecule has 6 heterocycles. The van der Waals surface area contributed by atoms with Crippen LogP contribution in [0.1, 0.15) is 76.4 Å². The van der Waals surface area contributed by atoms with Crippen LogP contribution in [0.4, 0.5) is 0 Å². The van der Waals surface area contributed by atoms with E-state index in [-0.39, 0.29) is 12.4 Å². The molecule has 9 heteroatoms. The Morgan fingerprint density at radius 2 is 1.67 bits per heavy atom. The van der Waals surface area contributed by atoms with Gasteiger partial charge < -0.3 is 34.8 Å². The van der Waals surface area contributed by atoms with E-state index < -0.39 is 18.0 Å². The Hall–Kier alpha value is -4.92. The van der Waals surface area contributed by atoms with Crippen molar-refractivity contribution >= 4 is 41.8 Å². The Balaban J connectivity index is 1.71. The van der Waals surface area contributed by atoms with E-state index >= 15 is 0 Å². The summed E-state index contributed by atoms with van der Waals surface area (Å²) >= 11 is 0. The van der Waals surface area contributed by atoms with Crippen molar-refractivity contribution < 1.29 is 24.2 Å². The van der Waals surface area contributed by atoms with Crippen molar-refractivity contribution in [3.05, 3.63) is 96.2 Å². The average molecular weight is 581 g/mol. The Morgan fingerprint density at radius 1 is 0.977 bits per heavy atom. The van der Waals surface area contributed by atoms with Gasteiger partial charge in [-0.25, -0.2) is 4.79 Å². The number of esters is 2. The highest BCUT2D eigenvalue weighted by atomic mass is 16.6. The zero-order valence-electron chi connectivity index (χ0n) is 25.3. The number of methoxy groups -OCH3 is 1. The lowest BCUT2D eigenvalue weighted by Crippen LogP contribution is -2.34. The summed E-state index contributed by atoms with van der Waals surface area (Å²) in [5, 5.41) is 16.5. The fraction of sp³-hybridized carbons (Fsp3) is 0.294. The molecule has 8 bridgehead atoms. The quantitative estimate of drug-likeness (QED) is 0.290. The van der Waals surface area contributed by atoms with Gasteiger partial charge in [0.2, 0.25) is 0 Å². The molecule has 9 nitrogen and oxygen atoms in total. The Kier molecular flexibility index (Phi) is 6.83. The lowest BCUT2D eigenvalue weighted by molar-refractivity contribution is -0.141. The summed E-state index contributed by atoms with van der Waals surface area (Å²) < 4.78 is 10.4. The molecule has 0 aromatic carbocycles. The van der Waals surface area contributed by atoms with E-state index in [1.165, 1.54) is 12.7 Å². The third kappa shape index (κ3) is 4.38. The van der Waals surface area contributed by atoms with E-state index in [0.717, 1.165) is 73.3 Å². The highest BCUT2D eigenvalue weighted by molar-refractivity contribution is 6.01. The maximum absolute atomic E-state index is 13.1. The molecule has 1 unspecified atom stereocenters. The number of rotatable bonds is 5. The Labute approximate surface area is 249 Å². The molecular formula is C34H36N4O5. The highest BCUT2D eigenvalue weighted by Gasteiger charge is 2.43. The smallest absolute Gasteiger partial charge is 0.344 e. The fourth-order valence-corrected chi connectivity index (χ4v) is 6.59. The zero-order chi connectivity index (χ0) is 30.7. The molecule has 0 saturated carbocycles. The van der Waals surface area contributed by atoms with Crippen molar-refractivity contribution in [3.63, 3.8) is 0 Å². The van der Waals surface area contributed by atoms with Gasteiger partial charge in [-0.2, -0.15) is 0 Å². The largest absolute Gasteiger partial charge is 0.480 e. The topological polar surface area (TPSA) is 132 Å². The van der Waals surface area contributed by atoms with Gasteiger partial charge in [0, 0.05) is 45.5 Å². The predicted octanol–water partition coefficient (Wildman–Crippen LogP) is 3.99. The molecule has 6 rings (SSSR count). The molecular weight excluding hydrogens is 544 g/mol. The number of nitrogens with one attached hydrogen (secondary N) is 4. The fourth-order valence-electron chi connectivity index (χ4n) is 6.59. The standard InChI is InChI=1S/C34H36N4O5/c1-8-19-15(3)22-12-24-17(5)21(10-11-28(39)42-7)31(37-24)30-32-29(33(40)43-34(30)41)18(6)25(38-32)14-27-20(9-2)16(4)23(36-27)13-26(19)35-22/h8,12-14,32,35-38,41H,1,9-11H2,2-7H3. The minimum Gasteiger partial charge on any atom is -0.480 e. The van der Waals surface area contributed by atoms with Crippen molar-refractivity contribution in [2.75, 3.05) is 7.11 Å². The number of carbonyl (C=O) groups excluding carboxylic acids is 2. The normalized spacial score (nSPS) is 17.2. The summed E-state index contributed by atoms with van der Waals surface area (Å²) in [5.74, 6) is -1.41.